The maximum atomic E-state index is 12.6. The molecule has 7 nitrogen and oxygen atoms in total. The van der Waals surface area contributed by atoms with E-state index in [9.17, 15) is 4.79 Å². The summed E-state index contributed by atoms with van der Waals surface area (Å²) >= 11 is 1.52. The van der Waals surface area contributed by atoms with Gasteiger partial charge in [0.15, 0.2) is 0 Å². The van der Waals surface area contributed by atoms with Crippen LogP contribution in [0.25, 0.3) is 38.5 Å². The fraction of sp³-hybridized carbons (Fsp3) is 0.250. The van der Waals surface area contributed by atoms with Crippen molar-refractivity contribution >= 4 is 50.0 Å². The summed E-state index contributed by atoms with van der Waals surface area (Å²) in [6, 6.07) is 10.1. The summed E-state index contributed by atoms with van der Waals surface area (Å²) < 4.78 is 1.07. The van der Waals surface area contributed by atoms with Gasteiger partial charge in [0.25, 0.3) is 5.91 Å². The number of hydrogen-bond donors (Lipinski definition) is 2. The van der Waals surface area contributed by atoms with Crippen LogP contribution in [-0.4, -0.2) is 59.0 Å². The van der Waals surface area contributed by atoms with Crippen LogP contribution >= 0.6 is 11.3 Å². The summed E-state index contributed by atoms with van der Waals surface area (Å²) in [4.78, 5) is 29.1. The lowest BCUT2D eigenvalue weighted by Crippen LogP contribution is -2.34. The maximum absolute atomic E-state index is 12.6. The van der Waals surface area contributed by atoms with E-state index < -0.39 is 0 Å². The summed E-state index contributed by atoms with van der Waals surface area (Å²) in [7, 11) is 4.06. The minimum absolute atomic E-state index is 0.0211. The summed E-state index contributed by atoms with van der Waals surface area (Å²) in [5, 5.41) is 8.59. The zero-order valence-corrected chi connectivity index (χ0v) is 19.0. The van der Waals surface area contributed by atoms with Gasteiger partial charge in [-0.3, -0.25) is 4.79 Å². The number of nitrogens with zero attached hydrogens (tertiary/aromatic N) is 4. The lowest BCUT2D eigenvalue weighted by atomic mass is 10.1. The topological polar surface area (TPSA) is 83.0 Å². The van der Waals surface area contributed by atoms with Crippen molar-refractivity contribution in [1.29, 1.82) is 0 Å². The maximum Gasteiger partial charge on any atom is 0.263 e. The van der Waals surface area contributed by atoms with E-state index in [2.05, 4.69) is 37.6 Å². The van der Waals surface area contributed by atoms with Gasteiger partial charge in [-0.25, -0.2) is 15.0 Å². The minimum Gasteiger partial charge on any atom is -0.381 e. The number of carbonyl (C=O) groups excluding carboxylic acids is 1. The third-order valence-electron chi connectivity index (χ3n) is 5.40. The first-order valence-electron chi connectivity index (χ1n) is 10.5. The second-order valence-electron chi connectivity index (χ2n) is 8.26. The first kappa shape index (κ1) is 20.5. The van der Waals surface area contributed by atoms with E-state index in [1.807, 2.05) is 51.4 Å². The Morgan fingerprint density at radius 3 is 2.91 bits per heavy atom. The predicted molar refractivity (Wildman–Crippen MR) is 131 cm³/mol. The molecule has 0 saturated heterocycles. The lowest BCUT2D eigenvalue weighted by molar-refractivity contribution is 0.0949. The Balaban J connectivity index is 1.56. The van der Waals surface area contributed by atoms with Gasteiger partial charge in [0, 0.05) is 34.6 Å². The molecule has 1 aliphatic heterocycles. The molecule has 5 rings (SSSR count). The fourth-order valence-electron chi connectivity index (χ4n) is 3.86. The molecular weight excluding hydrogens is 420 g/mol. The Kier molecular flexibility index (Phi) is 5.32. The van der Waals surface area contributed by atoms with Gasteiger partial charge in [0.2, 0.25) is 0 Å². The Morgan fingerprint density at radius 1 is 1.19 bits per heavy atom. The molecule has 1 aliphatic rings. The number of thiophene rings is 1. The van der Waals surface area contributed by atoms with E-state index in [0.29, 0.717) is 6.54 Å². The summed E-state index contributed by atoms with van der Waals surface area (Å²) in [6.07, 6.45) is 5.64. The van der Waals surface area contributed by atoms with Gasteiger partial charge >= 0.3 is 0 Å². The normalized spacial score (nSPS) is 16.4. The van der Waals surface area contributed by atoms with Crippen LogP contribution in [0, 0.1) is 0 Å². The SMILES string of the molecule is CC1CNc2c(sc3ccc4nc(-c5cc(C=CCN(C)C)ncn5)ccc4c23)C(=O)N1. The van der Waals surface area contributed by atoms with Crippen molar-refractivity contribution in [3.8, 4) is 11.4 Å². The van der Waals surface area contributed by atoms with Crippen molar-refractivity contribution < 1.29 is 4.79 Å². The quantitative estimate of drug-likeness (QED) is 0.495. The Bertz CT molecular complexity index is 1360. The second-order valence-corrected chi connectivity index (χ2v) is 9.31. The molecule has 1 atom stereocenters. The predicted octanol–water partition coefficient (Wildman–Crippen LogP) is 4.03. The van der Waals surface area contributed by atoms with Crippen LogP contribution < -0.4 is 10.6 Å². The highest BCUT2D eigenvalue weighted by Gasteiger charge is 2.24. The largest absolute Gasteiger partial charge is 0.381 e. The molecule has 8 heteroatoms. The van der Waals surface area contributed by atoms with Crippen LogP contribution in [0.5, 0.6) is 0 Å². The van der Waals surface area contributed by atoms with Crippen LogP contribution in [0.3, 0.4) is 0 Å². The Hall–Kier alpha value is -3.36. The number of hydrogen-bond acceptors (Lipinski definition) is 7. The zero-order chi connectivity index (χ0) is 22.2. The second kappa shape index (κ2) is 8.29. The molecule has 32 heavy (non-hydrogen) atoms. The molecule has 1 aromatic carbocycles. The van der Waals surface area contributed by atoms with Gasteiger partial charge < -0.3 is 15.5 Å². The van der Waals surface area contributed by atoms with E-state index >= 15 is 0 Å². The molecular formula is C24H24N6OS. The standard InChI is InChI=1S/C24H24N6OS/c1-14-12-25-22-21-16-6-7-18(19-11-15(26-13-27-19)5-4-10-30(2)3)29-17(16)8-9-20(21)32-23(22)24(31)28-14/h4-9,11,13-14,25H,10,12H2,1-3H3,(H,28,31). The van der Waals surface area contributed by atoms with E-state index in [-0.39, 0.29) is 11.9 Å². The molecule has 1 unspecified atom stereocenters. The minimum atomic E-state index is -0.0211. The molecule has 0 spiro atoms. The smallest absolute Gasteiger partial charge is 0.263 e. The van der Waals surface area contributed by atoms with Crippen LogP contribution in [0.1, 0.15) is 22.3 Å². The van der Waals surface area contributed by atoms with E-state index in [4.69, 9.17) is 4.98 Å². The number of nitrogens with one attached hydrogen (secondary N) is 2. The Morgan fingerprint density at radius 2 is 2.06 bits per heavy atom. The number of carbonyl (C=O) groups is 1. The van der Waals surface area contributed by atoms with Crippen molar-refractivity contribution in [3.63, 3.8) is 0 Å². The molecule has 3 aromatic heterocycles. The Labute approximate surface area is 190 Å². The zero-order valence-electron chi connectivity index (χ0n) is 18.2. The van der Waals surface area contributed by atoms with Gasteiger partial charge in [-0.15, -0.1) is 11.3 Å². The van der Waals surface area contributed by atoms with Crippen LogP contribution in [0.4, 0.5) is 5.69 Å². The van der Waals surface area contributed by atoms with Crippen molar-refractivity contribution in [1.82, 2.24) is 25.2 Å². The number of aromatic nitrogens is 3. The molecule has 162 valence electrons. The number of fused-ring (bicyclic) bond motifs is 5. The van der Waals surface area contributed by atoms with Gasteiger partial charge in [-0.2, -0.15) is 0 Å². The summed E-state index contributed by atoms with van der Waals surface area (Å²) in [5.41, 5.74) is 4.20. The van der Waals surface area contributed by atoms with Crippen LogP contribution in [0.2, 0.25) is 0 Å². The molecule has 0 bridgehead atoms. The van der Waals surface area contributed by atoms with Crippen molar-refractivity contribution in [3.05, 3.63) is 53.3 Å². The molecule has 1 amide bonds. The molecule has 0 radical (unpaired) electrons. The molecule has 0 aliphatic carbocycles. The number of likely N-dealkylation sites (N-methyl/N-ethyl adjacent to an activating group) is 1. The number of rotatable bonds is 4. The number of amides is 1. The number of anilines is 1. The average Bonchev–Trinajstić information content (AvgIpc) is 3.10. The monoisotopic (exact) mass is 444 g/mol. The van der Waals surface area contributed by atoms with Gasteiger partial charge in [0.05, 0.1) is 28.3 Å². The van der Waals surface area contributed by atoms with Crippen molar-refractivity contribution in [2.24, 2.45) is 0 Å². The average molecular weight is 445 g/mol. The number of pyridine rings is 1. The van der Waals surface area contributed by atoms with Crippen molar-refractivity contribution in [2.75, 3.05) is 32.5 Å². The molecule has 2 N–H and O–H groups in total. The van der Waals surface area contributed by atoms with Gasteiger partial charge in [-0.05, 0) is 57.4 Å². The molecule has 4 heterocycles. The van der Waals surface area contributed by atoms with E-state index in [1.54, 1.807) is 6.33 Å². The van der Waals surface area contributed by atoms with Crippen LogP contribution in [0.15, 0.2) is 42.7 Å². The van der Waals surface area contributed by atoms with Gasteiger partial charge in [0.1, 0.15) is 11.2 Å². The molecule has 4 aromatic rings. The summed E-state index contributed by atoms with van der Waals surface area (Å²) in [6.45, 7) is 3.54. The highest BCUT2D eigenvalue weighted by atomic mass is 32.1. The van der Waals surface area contributed by atoms with E-state index in [0.717, 1.165) is 55.2 Å². The first-order chi connectivity index (χ1) is 15.5. The third-order valence-corrected chi connectivity index (χ3v) is 6.55. The highest BCUT2D eigenvalue weighted by Crippen LogP contribution is 2.41. The lowest BCUT2D eigenvalue weighted by Gasteiger charge is -2.10. The van der Waals surface area contributed by atoms with Crippen LogP contribution in [-0.2, 0) is 0 Å². The number of benzene rings is 1. The summed E-state index contributed by atoms with van der Waals surface area (Å²) in [5.74, 6) is -0.0211. The highest BCUT2D eigenvalue weighted by molar-refractivity contribution is 7.21. The molecule has 0 fully saturated rings. The van der Waals surface area contributed by atoms with Gasteiger partial charge in [-0.1, -0.05) is 6.08 Å². The van der Waals surface area contributed by atoms with E-state index in [1.165, 1.54) is 11.3 Å². The molecule has 0 saturated carbocycles. The third kappa shape index (κ3) is 3.83. The van der Waals surface area contributed by atoms with Crippen molar-refractivity contribution in [2.45, 2.75) is 13.0 Å². The first-order valence-corrected chi connectivity index (χ1v) is 11.4. The fourth-order valence-corrected chi connectivity index (χ4v) is 4.95.